The Kier molecular flexibility index (Phi) is 5.68. The first-order valence-electron chi connectivity index (χ1n) is 9.63. The number of nitrogens with one attached hydrogen (secondary N) is 1. The zero-order valence-corrected chi connectivity index (χ0v) is 17.5. The molecule has 0 aliphatic carbocycles. The normalized spacial score (nSPS) is 10.9. The average molecular weight is 421 g/mol. The minimum atomic E-state index is -0.111. The third-order valence-electron chi connectivity index (χ3n) is 4.80. The Labute approximate surface area is 179 Å². The average Bonchev–Trinajstić information content (AvgIpc) is 3.34. The molecule has 7 heteroatoms. The van der Waals surface area contributed by atoms with Crippen LogP contribution < -0.4 is 5.32 Å². The van der Waals surface area contributed by atoms with Crippen molar-refractivity contribution >= 4 is 23.2 Å². The number of nitrogens with zero attached hydrogens (tertiary/aromatic N) is 3. The van der Waals surface area contributed by atoms with Gasteiger partial charge in [0.2, 0.25) is 5.91 Å². The lowest BCUT2D eigenvalue weighted by Gasteiger charge is -2.06. The van der Waals surface area contributed by atoms with Gasteiger partial charge in [-0.2, -0.15) is 5.10 Å². The molecule has 0 saturated heterocycles. The summed E-state index contributed by atoms with van der Waals surface area (Å²) >= 11 is 5.92. The van der Waals surface area contributed by atoms with Crippen LogP contribution in [0.25, 0.3) is 17.0 Å². The second kappa shape index (κ2) is 8.55. The van der Waals surface area contributed by atoms with Gasteiger partial charge in [0.25, 0.3) is 0 Å². The number of benzene rings is 2. The summed E-state index contributed by atoms with van der Waals surface area (Å²) in [5.74, 6) is 1.06. The number of rotatable bonds is 6. The van der Waals surface area contributed by atoms with Gasteiger partial charge in [-0.3, -0.25) is 4.79 Å². The number of aromatic nitrogens is 3. The summed E-state index contributed by atoms with van der Waals surface area (Å²) in [4.78, 5) is 16.8. The highest BCUT2D eigenvalue weighted by Crippen LogP contribution is 2.24. The van der Waals surface area contributed by atoms with Gasteiger partial charge < -0.3 is 9.73 Å². The molecular weight excluding hydrogens is 400 g/mol. The lowest BCUT2D eigenvalue weighted by Crippen LogP contribution is -2.13. The number of carbonyl (C=O) groups excluding carboxylic acids is 1. The van der Waals surface area contributed by atoms with E-state index >= 15 is 0 Å². The van der Waals surface area contributed by atoms with E-state index in [1.807, 2.05) is 61.0 Å². The first-order valence-corrected chi connectivity index (χ1v) is 10.0. The van der Waals surface area contributed by atoms with Crippen molar-refractivity contribution in [2.45, 2.75) is 26.7 Å². The van der Waals surface area contributed by atoms with Gasteiger partial charge in [-0.1, -0.05) is 29.8 Å². The summed E-state index contributed by atoms with van der Waals surface area (Å²) in [6.07, 6.45) is 2.33. The van der Waals surface area contributed by atoms with E-state index in [2.05, 4.69) is 15.4 Å². The number of oxazole rings is 1. The van der Waals surface area contributed by atoms with Gasteiger partial charge >= 0.3 is 0 Å². The van der Waals surface area contributed by atoms with Gasteiger partial charge in [-0.05, 0) is 50.2 Å². The van der Waals surface area contributed by atoms with Crippen molar-refractivity contribution in [3.05, 3.63) is 83.1 Å². The summed E-state index contributed by atoms with van der Waals surface area (Å²) in [5, 5.41) is 8.20. The van der Waals surface area contributed by atoms with E-state index < -0.39 is 0 Å². The number of para-hydroxylation sites is 1. The third-order valence-corrected chi connectivity index (χ3v) is 5.06. The van der Waals surface area contributed by atoms with Gasteiger partial charge in [-0.15, -0.1) is 0 Å². The number of hydrogen-bond acceptors (Lipinski definition) is 4. The Morgan fingerprint density at radius 2 is 1.83 bits per heavy atom. The smallest absolute Gasteiger partial charge is 0.224 e. The van der Waals surface area contributed by atoms with E-state index in [4.69, 9.17) is 16.0 Å². The first-order chi connectivity index (χ1) is 14.5. The molecule has 0 spiro atoms. The van der Waals surface area contributed by atoms with Crippen LogP contribution in [0.2, 0.25) is 5.02 Å². The molecule has 4 aromatic rings. The highest BCUT2D eigenvalue weighted by atomic mass is 35.5. The fourth-order valence-electron chi connectivity index (χ4n) is 3.24. The van der Waals surface area contributed by atoms with Gasteiger partial charge in [-0.25, -0.2) is 9.67 Å². The van der Waals surface area contributed by atoms with Crippen molar-refractivity contribution in [1.29, 1.82) is 0 Å². The molecule has 0 radical (unpaired) electrons. The molecule has 0 bridgehead atoms. The summed E-state index contributed by atoms with van der Waals surface area (Å²) in [6, 6.07) is 17.2. The highest BCUT2D eigenvalue weighted by Gasteiger charge is 2.16. The molecule has 0 aliphatic rings. The lowest BCUT2D eigenvalue weighted by molar-refractivity contribution is -0.116. The molecule has 0 unspecified atom stereocenters. The molecular formula is C23H21ClN4O2. The molecule has 152 valence electrons. The molecule has 0 atom stereocenters. The van der Waals surface area contributed by atoms with Crippen LogP contribution in [-0.2, 0) is 11.2 Å². The Bertz CT molecular complexity index is 1160. The fraction of sp³-hybridized carbons (Fsp3) is 0.174. The standard InChI is InChI=1S/C23H21ClN4O2/c1-15-23(16(2)28(27-15)19-6-4-3-5-7-19)26-21(29)12-13-22-25-14-20(30-22)17-8-10-18(24)11-9-17/h3-11,14H,12-13H2,1-2H3,(H,26,29). The number of carbonyl (C=O) groups is 1. The van der Waals surface area contributed by atoms with E-state index in [1.165, 1.54) is 0 Å². The fourth-order valence-corrected chi connectivity index (χ4v) is 3.37. The zero-order valence-electron chi connectivity index (χ0n) is 16.7. The summed E-state index contributed by atoms with van der Waals surface area (Å²) < 4.78 is 7.60. The van der Waals surface area contributed by atoms with Gasteiger partial charge in [0, 0.05) is 23.4 Å². The molecule has 6 nitrogen and oxygen atoms in total. The SMILES string of the molecule is Cc1nn(-c2ccccc2)c(C)c1NC(=O)CCc1ncc(-c2ccc(Cl)cc2)o1. The molecule has 1 N–H and O–H groups in total. The maximum absolute atomic E-state index is 12.5. The highest BCUT2D eigenvalue weighted by molar-refractivity contribution is 6.30. The van der Waals surface area contributed by atoms with E-state index in [0.717, 1.165) is 28.3 Å². The number of anilines is 1. The van der Waals surface area contributed by atoms with E-state index in [1.54, 1.807) is 18.3 Å². The van der Waals surface area contributed by atoms with Crippen LogP contribution >= 0.6 is 11.6 Å². The molecule has 2 aromatic heterocycles. The van der Waals surface area contributed by atoms with Crippen LogP contribution in [0.3, 0.4) is 0 Å². The number of aryl methyl sites for hydroxylation is 2. The summed E-state index contributed by atoms with van der Waals surface area (Å²) in [7, 11) is 0. The molecule has 0 fully saturated rings. The Hall–Kier alpha value is -3.38. The molecule has 0 saturated carbocycles. The quantitative estimate of drug-likeness (QED) is 0.455. The van der Waals surface area contributed by atoms with Crippen molar-refractivity contribution in [2.24, 2.45) is 0 Å². The van der Waals surface area contributed by atoms with E-state index in [0.29, 0.717) is 23.1 Å². The molecule has 0 aliphatic heterocycles. The topological polar surface area (TPSA) is 73.0 Å². The van der Waals surface area contributed by atoms with Crippen LogP contribution in [-0.4, -0.2) is 20.7 Å². The van der Waals surface area contributed by atoms with Crippen molar-refractivity contribution < 1.29 is 9.21 Å². The molecule has 2 heterocycles. The van der Waals surface area contributed by atoms with Crippen molar-refractivity contribution in [1.82, 2.24) is 14.8 Å². The van der Waals surface area contributed by atoms with Crippen LogP contribution in [0.15, 0.2) is 65.2 Å². The predicted octanol–water partition coefficient (Wildman–Crippen LogP) is 5.37. The van der Waals surface area contributed by atoms with Gasteiger partial charge in [0.15, 0.2) is 11.7 Å². The maximum Gasteiger partial charge on any atom is 0.224 e. The molecule has 30 heavy (non-hydrogen) atoms. The second-order valence-corrected chi connectivity index (χ2v) is 7.40. The van der Waals surface area contributed by atoms with E-state index in [-0.39, 0.29) is 12.3 Å². The summed E-state index contributed by atoms with van der Waals surface area (Å²) in [6.45, 7) is 3.82. The lowest BCUT2D eigenvalue weighted by atomic mass is 10.2. The van der Waals surface area contributed by atoms with Crippen LogP contribution in [0.4, 0.5) is 5.69 Å². The van der Waals surface area contributed by atoms with Crippen molar-refractivity contribution in [3.8, 4) is 17.0 Å². The minimum Gasteiger partial charge on any atom is -0.441 e. The van der Waals surface area contributed by atoms with Crippen LogP contribution in [0.5, 0.6) is 0 Å². The molecule has 4 rings (SSSR count). The summed E-state index contributed by atoms with van der Waals surface area (Å²) in [5.41, 5.74) is 4.23. The Balaban J connectivity index is 1.40. The van der Waals surface area contributed by atoms with Crippen LogP contribution in [0, 0.1) is 13.8 Å². The van der Waals surface area contributed by atoms with Gasteiger partial charge in [0.05, 0.1) is 29.0 Å². The number of halogens is 1. The van der Waals surface area contributed by atoms with Crippen LogP contribution in [0.1, 0.15) is 23.7 Å². The van der Waals surface area contributed by atoms with Gasteiger partial charge in [0.1, 0.15) is 0 Å². The zero-order chi connectivity index (χ0) is 21.1. The molecule has 2 aromatic carbocycles. The number of amides is 1. The Morgan fingerprint density at radius 1 is 1.10 bits per heavy atom. The minimum absolute atomic E-state index is 0.111. The van der Waals surface area contributed by atoms with Crippen molar-refractivity contribution in [3.63, 3.8) is 0 Å². The largest absolute Gasteiger partial charge is 0.441 e. The predicted molar refractivity (Wildman–Crippen MR) is 117 cm³/mol. The maximum atomic E-state index is 12.5. The van der Waals surface area contributed by atoms with E-state index in [9.17, 15) is 4.79 Å². The third kappa shape index (κ3) is 4.28. The molecule has 1 amide bonds. The monoisotopic (exact) mass is 420 g/mol. The number of hydrogen-bond donors (Lipinski definition) is 1. The Morgan fingerprint density at radius 3 is 2.57 bits per heavy atom. The first kappa shape index (κ1) is 19.9. The van der Waals surface area contributed by atoms with Crippen molar-refractivity contribution in [2.75, 3.05) is 5.32 Å². The second-order valence-electron chi connectivity index (χ2n) is 6.97.